The minimum Gasteiger partial charge on any atom is -0.497 e. The molecular formula is C24H23N5O3S2. The molecule has 0 bridgehead atoms. The van der Waals surface area contributed by atoms with Crippen LogP contribution in [0.1, 0.15) is 21.1 Å². The minimum absolute atomic E-state index is 0.150. The topological polar surface area (TPSA) is 98.1 Å². The maximum Gasteiger partial charge on any atom is 0.261 e. The Morgan fingerprint density at radius 1 is 1.09 bits per heavy atom. The Hall–Kier alpha value is -3.63. The van der Waals surface area contributed by atoms with E-state index in [0.29, 0.717) is 21.5 Å². The van der Waals surface area contributed by atoms with Crippen molar-refractivity contribution >= 4 is 40.6 Å². The highest BCUT2D eigenvalue weighted by atomic mass is 32.2. The number of aryl methyl sites for hydroxylation is 1. The number of ether oxygens (including phenoxy) is 1. The zero-order valence-corrected chi connectivity index (χ0v) is 20.3. The van der Waals surface area contributed by atoms with Crippen molar-refractivity contribution in [3.05, 3.63) is 82.3 Å². The van der Waals surface area contributed by atoms with Crippen LogP contribution < -0.4 is 15.4 Å². The molecule has 0 fully saturated rings. The minimum atomic E-state index is -0.165. The summed E-state index contributed by atoms with van der Waals surface area (Å²) in [6.45, 7) is 2.21. The van der Waals surface area contributed by atoms with Crippen molar-refractivity contribution in [2.75, 3.05) is 18.2 Å². The summed E-state index contributed by atoms with van der Waals surface area (Å²) >= 11 is 2.66. The molecule has 0 spiro atoms. The molecule has 0 radical (unpaired) electrons. The second kappa shape index (κ2) is 11.0. The van der Waals surface area contributed by atoms with Crippen LogP contribution in [0.25, 0.3) is 5.69 Å². The van der Waals surface area contributed by atoms with Crippen molar-refractivity contribution in [1.82, 2.24) is 20.1 Å². The van der Waals surface area contributed by atoms with E-state index in [2.05, 4.69) is 20.8 Å². The maximum absolute atomic E-state index is 12.5. The average molecular weight is 494 g/mol. The quantitative estimate of drug-likeness (QED) is 0.337. The maximum atomic E-state index is 12.5. The van der Waals surface area contributed by atoms with Gasteiger partial charge in [0.25, 0.3) is 5.91 Å². The van der Waals surface area contributed by atoms with Gasteiger partial charge in [0, 0.05) is 11.4 Å². The summed E-state index contributed by atoms with van der Waals surface area (Å²) in [6, 6.07) is 18.6. The molecule has 4 rings (SSSR count). The highest BCUT2D eigenvalue weighted by Crippen LogP contribution is 2.23. The number of rotatable bonds is 9. The van der Waals surface area contributed by atoms with Gasteiger partial charge < -0.3 is 15.4 Å². The van der Waals surface area contributed by atoms with Crippen LogP contribution in [0.3, 0.4) is 0 Å². The average Bonchev–Trinajstić information content (AvgIpc) is 3.52. The monoisotopic (exact) mass is 493 g/mol. The van der Waals surface area contributed by atoms with E-state index in [1.165, 1.54) is 23.1 Å². The van der Waals surface area contributed by atoms with Gasteiger partial charge in [0.05, 0.1) is 24.3 Å². The number of aromatic nitrogens is 3. The predicted molar refractivity (Wildman–Crippen MR) is 134 cm³/mol. The smallest absolute Gasteiger partial charge is 0.261 e. The van der Waals surface area contributed by atoms with E-state index in [4.69, 9.17) is 4.74 Å². The highest BCUT2D eigenvalue weighted by Gasteiger charge is 2.17. The van der Waals surface area contributed by atoms with Crippen LogP contribution in [0.5, 0.6) is 5.75 Å². The molecule has 2 amide bonds. The third-order valence-electron chi connectivity index (χ3n) is 4.82. The van der Waals surface area contributed by atoms with Gasteiger partial charge in [-0.05, 0) is 60.3 Å². The Kier molecular flexibility index (Phi) is 7.61. The largest absolute Gasteiger partial charge is 0.497 e. The molecule has 0 aliphatic heterocycles. The molecule has 0 aliphatic carbocycles. The number of amides is 2. The summed E-state index contributed by atoms with van der Waals surface area (Å²) in [5.74, 6) is 1.12. The number of carbonyl (C=O) groups is 2. The second-order valence-electron chi connectivity index (χ2n) is 7.30. The lowest BCUT2D eigenvalue weighted by Crippen LogP contribution is -2.24. The zero-order valence-electron chi connectivity index (χ0n) is 18.6. The molecule has 2 heterocycles. The highest BCUT2D eigenvalue weighted by molar-refractivity contribution is 7.99. The van der Waals surface area contributed by atoms with Crippen LogP contribution in [0.2, 0.25) is 0 Å². The van der Waals surface area contributed by atoms with Crippen LogP contribution in [-0.4, -0.2) is 39.4 Å². The number of carbonyl (C=O) groups excluding carboxylic acids is 2. The Morgan fingerprint density at radius 3 is 2.62 bits per heavy atom. The fourth-order valence-corrected chi connectivity index (χ4v) is 4.60. The van der Waals surface area contributed by atoms with E-state index in [0.717, 1.165) is 17.0 Å². The van der Waals surface area contributed by atoms with Crippen LogP contribution in [0.4, 0.5) is 5.69 Å². The van der Waals surface area contributed by atoms with Gasteiger partial charge in [-0.15, -0.1) is 21.5 Å². The number of benzene rings is 2. The normalized spacial score (nSPS) is 10.6. The molecule has 2 N–H and O–H groups in total. The number of nitrogens with zero attached hydrogens (tertiary/aromatic N) is 3. The summed E-state index contributed by atoms with van der Waals surface area (Å²) in [5, 5.41) is 16.8. The summed E-state index contributed by atoms with van der Waals surface area (Å²) in [7, 11) is 1.59. The number of thiophene rings is 1. The van der Waals surface area contributed by atoms with Crippen molar-refractivity contribution in [3.63, 3.8) is 0 Å². The molecule has 4 aromatic rings. The lowest BCUT2D eigenvalue weighted by molar-refractivity contribution is -0.113. The number of hydrogen-bond donors (Lipinski definition) is 2. The van der Waals surface area contributed by atoms with Gasteiger partial charge in [-0.2, -0.15) is 0 Å². The SMILES string of the molecule is COc1ccc(NC(=O)CSc2nnc(CNC(=O)c3cccs3)n2-c2cccc(C)c2)cc1. The first kappa shape index (κ1) is 23.5. The molecule has 174 valence electrons. The van der Waals surface area contributed by atoms with E-state index in [1.54, 1.807) is 37.4 Å². The summed E-state index contributed by atoms with van der Waals surface area (Å²) in [5.41, 5.74) is 2.62. The molecule has 2 aromatic carbocycles. The van der Waals surface area contributed by atoms with E-state index < -0.39 is 0 Å². The van der Waals surface area contributed by atoms with E-state index in [-0.39, 0.29) is 24.1 Å². The van der Waals surface area contributed by atoms with Crippen molar-refractivity contribution in [3.8, 4) is 11.4 Å². The molecule has 0 saturated carbocycles. The van der Waals surface area contributed by atoms with Crippen molar-refractivity contribution in [1.29, 1.82) is 0 Å². The molecule has 0 aliphatic rings. The molecular weight excluding hydrogens is 470 g/mol. The van der Waals surface area contributed by atoms with E-state index in [1.807, 2.05) is 47.2 Å². The Bertz CT molecular complexity index is 1270. The van der Waals surface area contributed by atoms with Crippen molar-refractivity contribution in [2.24, 2.45) is 0 Å². The predicted octanol–water partition coefficient (Wildman–Crippen LogP) is 4.31. The van der Waals surface area contributed by atoms with Gasteiger partial charge in [-0.1, -0.05) is 30.0 Å². The van der Waals surface area contributed by atoms with Crippen LogP contribution in [0.15, 0.2) is 71.2 Å². The number of nitrogens with one attached hydrogen (secondary N) is 2. The summed E-state index contributed by atoms with van der Waals surface area (Å²) < 4.78 is 7.01. The lowest BCUT2D eigenvalue weighted by Gasteiger charge is -2.12. The number of anilines is 1. The molecule has 8 nitrogen and oxygen atoms in total. The summed E-state index contributed by atoms with van der Waals surface area (Å²) in [4.78, 5) is 25.5. The Morgan fingerprint density at radius 2 is 1.91 bits per heavy atom. The van der Waals surface area contributed by atoms with Gasteiger partial charge in [0.1, 0.15) is 5.75 Å². The molecule has 0 atom stereocenters. The second-order valence-corrected chi connectivity index (χ2v) is 9.19. The fraction of sp³-hybridized carbons (Fsp3) is 0.167. The molecule has 0 saturated heterocycles. The first-order valence-corrected chi connectivity index (χ1v) is 12.3. The van der Waals surface area contributed by atoms with Gasteiger partial charge in [-0.3, -0.25) is 14.2 Å². The van der Waals surface area contributed by atoms with Crippen LogP contribution in [0, 0.1) is 6.92 Å². The fourth-order valence-electron chi connectivity index (χ4n) is 3.19. The lowest BCUT2D eigenvalue weighted by atomic mass is 10.2. The summed E-state index contributed by atoms with van der Waals surface area (Å²) in [6.07, 6.45) is 0. The number of thioether (sulfide) groups is 1. The molecule has 0 unspecified atom stereocenters. The zero-order chi connectivity index (χ0) is 23.9. The first-order chi connectivity index (χ1) is 16.5. The van der Waals surface area contributed by atoms with Crippen molar-refractivity contribution < 1.29 is 14.3 Å². The van der Waals surface area contributed by atoms with Crippen LogP contribution in [-0.2, 0) is 11.3 Å². The van der Waals surface area contributed by atoms with Gasteiger partial charge in [0.15, 0.2) is 11.0 Å². The third kappa shape index (κ3) is 5.83. The number of hydrogen-bond acceptors (Lipinski definition) is 7. The third-order valence-corrected chi connectivity index (χ3v) is 6.62. The molecule has 2 aromatic heterocycles. The van der Waals surface area contributed by atoms with Gasteiger partial charge in [-0.25, -0.2) is 0 Å². The van der Waals surface area contributed by atoms with Gasteiger partial charge in [0.2, 0.25) is 5.91 Å². The Labute approximate surface area is 205 Å². The van der Waals surface area contributed by atoms with Gasteiger partial charge >= 0.3 is 0 Å². The Balaban J connectivity index is 1.48. The molecule has 34 heavy (non-hydrogen) atoms. The first-order valence-electron chi connectivity index (χ1n) is 10.4. The molecule has 10 heteroatoms. The van der Waals surface area contributed by atoms with E-state index >= 15 is 0 Å². The number of methoxy groups -OCH3 is 1. The standard InChI is InChI=1S/C24H23N5O3S2/c1-16-5-3-6-18(13-16)29-21(14-25-23(31)20-7-4-12-33-20)27-28-24(29)34-15-22(30)26-17-8-10-19(32-2)11-9-17/h3-13H,14-15H2,1-2H3,(H,25,31)(H,26,30). The van der Waals surface area contributed by atoms with Crippen LogP contribution >= 0.6 is 23.1 Å². The van der Waals surface area contributed by atoms with E-state index in [9.17, 15) is 9.59 Å². The van der Waals surface area contributed by atoms with Crippen molar-refractivity contribution in [2.45, 2.75) is 18.6 Å².